The Kier molecular flexibility index (Phi) is 2.58. The van der Waals surface area contributed by atoms with Crippen LogP contribution in [0.15, 0.2) is 34.9 Å². The number of aromatic nitrogens is 3. The number of nitrogens with zero attached hydrogens (tertiary/aromatic N) is 3. The fraction of sp³-hybridized carbons (Fsp3) is 0.111. The predicted octanol–water partition coefficient (Wildman–Crippen LogP) is 2.50. The minimum atomic E-state index is -0.593. The lowest BCUT2D eigenvalue weighted by Gasteiger charge is -2.01. The fourth-order valence-electron chi connectivity index (χ4n) is 1.11. The van der Waals surface area contributed by atoms with Gasteiger partial charge in [-0.05, 0) is 28.1 Å². The molecule has 1 heterocycles. The second kappa shape index (κ2) is 3.88. The van der Waals surface area contributed by atoms with Gasteiger partial charge in [-0.2, -0.15) is 0 Å². The Morgan fingerprint density at radius 1 is 1.36 bits per heavy atom. The Bertz CT molecular complexity index is 441. The second-order valence-corrected chi connectivity index (χ2v) is 3.59. The van der Waals surface area contributed by atoms with Crippen LogP contribution in [-0.4, -0.2) is 15.0 Å². The van der Waals surface area contributed by atoms with Gasteiger partial charge in [-0.3, -0.25) is 0 Å². The number of alkyl halides is 1. The second-order valence-electron chi connectivity index (χ2n) is 2.74. The minimum absolute atomic E-state index is 0.334. The Hall–Kier alpha value is -1.23. The third kappa shape index (κ3) is 1.68. The largest absolute Gasteiger partial charge is 0.244 e. The highest BCUT2D eigenvalue weighted by Crippen LogP contribution is 2.19. The molecule has 1 aromatic heterocycles. The van der Waals surface area contributed by atoms with E-state index in [-0.39, 0.29) is 0 Å². The SMILES string of the molecule is FCc1cn(-c2ccccc2Br)nn1. The summed E-state index contributed by atoms with van der Waals surface area (Å²) >= 11 is 3.38. The molecule has 2 rings (SSSR count). The third-order valence-electron chi connectivity index (χ3n) is 1.78. The van der Waals surface area contributed by atoms with Gasteiger partial charge in [-0.1, -0.05) is 17.3 Å². The van der Waals surface area contributed by atoms with E-state index in [1.54, 1.807) is 10.9 Å². The van der Waals surface area contributed by atoms with E-state index in [1.807, 2.05) is 24.3 Å². The first-order chi connectivity index (χ1) is 6.81. The third-order valence-corrected chi connectivity index (χ3v) is 2.45. The minimum Gasteiger partial charge on any atom is -0.244 e. The van der Waals surface area contributed by atoms with E-state index in [4.69, 9.17) is 0 Å². The van der Waals surface area contributed by atoms with Crippen molar-refractivity contribution in [2.45, 2.75) is 6.67 Å². The number of benzene rings is 1. The lowest BCUT2D eigenvalue weighted by Crippen LogP contribution is -1.95. The van der Waals surface area contributed by atoms with Crippen LogP contribution in [0.1, 0.15) is 5.69 Å². The molecule has 0 radical (unpaired) electrons. The van der Waals surface area contributed by atoms with Gasteiger partial charge in [0.05, 0.1) is 11.9 Å². The highest BCUT2D eigenvalue weighted by molar-refractivity contribution is 9.10. The summed E-state index contributed by atoms with van der Waals surface area (Å²) in [5, 5.41) is 7.48. The van der Waals surface area contributed by atoms with E-state index >= 15 is 0 Å². The molecule has 0 atom stereocenters. The summed E-state index contributed by atoms with van der Waals surface area (Å²) in [6.07, 6.45) is 1.57. The normalized spacial score (nSPS) is 10.4. The van der Waals surface area contributed by atoms with Crippen LogP contribution < -0.4 is 0 Å². The van der Waals surface area contributed by atoms with Crippen LogP contribution in [0, 0.1) is 0 Å². The maximum atomic E-state index is 12.2. The van der Waals surface area contributed by atoms with Crippen molar-refractivity contribution in [3.05, 3.63) is 40.6 Å². The Labute approximate surface area is 88.7 Å². The van der Waals surface area contributed by atoms with Gasteiger partial charge in [0.15, 0.2) is 0 Å². The Morgan fingerprint density at radius 2 is 2.14 bits per heavy atom. The fourth-order valence-corrected chi connectivity index (χ4v) is 1.58. The summed E-state index contributed by atoms with van der Waals surface area (Å²) in [5.41, 5.74) is 1.18. The van der Waals surface area contributed by atoms with Crippen molar-refractivity contribution in [2.75, 3.05) is 0 Å². The van der Waals surface area contributed by atoms with Crippen molar-refractivity contribution in [3.63, 3.8) is 0 Å². The van der Waals surface area contributed by atoms with Gasteiger partial charge in [-0.15, -0.1) is 5.10 Å². The van der Waals surface area contributed by atoms with Gasteiger partial charge in [0.2, 0.25) is 0 Å². The van der Waals surface area contributed by atoms with Gasteiger partial charge in [0.25, 0.3) is 0 Å². The highest BCUT2D eigenvalue weighted by Gasteiger charge is 2.04. The molecule has 0 fully saturated rings. The predicted molar refractivity (Wildman–Crippen MR) is 53.9 cm³/mol. The quantitative estimate of drug-likeness (QED) is 0.826. The molecule has 0 saturated heterocycles. The molecular weight excluding hydrogens is 249 g/mol. The molecule has 14 heavy (non-hydrogen) atoms. The molecule has 0 N–H and O–H groups in total. The summed E-state index contributed by atoms with van der Waals surface area (Å²) in [4.78, 5) is 0. The molecule has 72 valence electrons. The Balaban J connectivity index is 2.44. The first-order valence-corrected chi connectivity index (χ1v) is 4.82. The van der Waals surface area contributed by atoms with E-state index in [0.29, 0.717) is 5.69 Å². The van der Waals surface area contributed by atoms with Crippen LogP contribution in [-0.2, 0) is 6.67 Å². The highest BCUT2D eigenvalue weighted by atomic mass is 79.9. The molecule has 3 nitrogen and oxygen atoms in total. The first kappa shape index (κ1) is 9.33. The average molecular weight is 256 g/mol. The summed E-state index contributed by atoms with van der Waals surface area (Å²) in [5.74, 6) is 0. The topological polar surface area (TPSA) is 30.7 Å². The number of para-hydroxylation sites is 1. The molecule has 2 aromatic rings. The van der Waals surface area contributed by atoms with E-state index < -0.39 is 6.67 Å². The summed E-state index contributed by atoms with van der Waals surface area (Å²) in [6, 6.07) is 7.56. The number of rotatable bonds is 2. The molecule has 0 spiro atoms. The summed E-state index contributed by atoms with van der Waals surface area (Å²) < 4.78 is 14.7. The van der Waals surface area contributed by atoms with E-state index in [9.17, 15) is 4.39 Å². The van der Waals surface area contributed by atoms with E-state index in [0.717, 1.165) is 10.2 Å². The molecule has 0 aliphatic heterocycles. The van der Waals surface area contributed by atoms with Crippen molar-refractivity contribution in [3.8, 4) is 5.69 Å². The maximum Gasteiger partial charge on any atom is 0.135 e. The standard InChI is InChI=1S/C9H7BrFN3/c10-8-3-1-2-4-9(8)14-6-7(5-11)12-13-14/h1-4,6H,5H2. The van der Waals surface area contributed by atoms with Crippen LogP contribution >= 0.6 is 15.9 Å². The van der Waals surface area contributed by atoms with Crippen LogP contribution in [0.5, 0.6) is 0 Å². The molecule has 5 heteroatoms. The van der Waals surface area contributed by atoms with Gasteiger partial charge < -0.3 is 0 Å². The molecule has 0 aliphatic carbocycles. The zero-order chi connectivity index (χ0) is 9.97. The maximum absolute atomic E-state index is 12.2. The van der Waals surface area contributed by atoms with Crippen molar-refractivity contribution >= 4 is 15.9 Å². The number of halogens is 2. The van der Waals surface area contributed by atoms with Crippen molar-refractivity contribution < 1.29 is 4.39 Å². The lowest BCUT2D eigenvalue weighted by atomic mass is 10.3. The van der Waals surface area contributed by atoms with E-state index in [2.05, 4.69) is 26.2 Å². The molecule has 0 amide bonds. The molecule has 0 aliphatic rings. The zero-order valence-electron chi connectivity index (χ0n) is 7.19. The van der Waals surface area contributed by atoms with Crippen LogP contribution in [0.25, 0.3) is 5.69 Å². The molecular formula is C9H7BrFN3. The van der Waals surface area contributed by atoms with Gasteiger partial charge >= 0.3 is 0 Å². The summed E-state index contributed by atoms with van der Waals surface area (Å²) in [7, 11) is 0. The van der Waals surface area contributed by atoms with Crippen LogP contribution in [0.4, 0.5) is 4.39 Å². The smallest absolute Gasteiger partial charge is 0.135 e. The summed E-state index contributed by atoms with van der Waals surface area (Å²) in [6.45, 7) is -0.593. The molecule has 0 saturated carbocycles. The van der Waals surface area contributed by atoms with Crippen LogP contribution in [0.3, 0.4) is 0 Å². The van der Waals surface area contributed by atoms with Crippen LogP contribution in [0.2, 0.25) is 0 Å². The molecule has 1 aromatic carbocycles. The number of hydrogen-bond acceptors (Lipinski definition) is 2. The first-order valence-electron chi connectivity index (χ1n) is 4.03. The number of hydrogen-bond donors (Lipinski definition) is 0. The lowest BCUT2D eigenvalue weighted by molar-refractivity contribution is 0.475. The Morgan fingerprint density at radius 3 is 2.79 bits per heavy atom. The average Bonchev–Trinajstić information content (AvgIpc) is 2.67. The van der Waals surface area contributed by atoms with E-state index in [1.165, 1.54) is 0 Å². The van der Waals surface area contributed by atoms with Crippen molar-refractivity contribution in [1.82, 2.24) is 15.0 Å². The van der Waals surface area contributed by atoms with Gasteiger partial charge in [0, 0.05) is 4.47 Å². The monoisotopic (exact) mass is 255 g/mol. The zero-order valence-corrected chi connectivity index (χ0v) is 8.78. The van der Waals surface area contributed by atoms with Crippen molar-refractivity contribution in [2.24, 2.45) is 0 Å². The van der Waals surface area contributed by atoms with Crippen molar-refractivity contribution in [1.29, 1.82) is 0 Å². The van der Waals surface area contributed by atoms with Gasteiger partial charge in [0.1, 0.15) is 12.4 Å². The molecule has 0 unspecified atom stereocenters. The van der Waals surface area contributed by atoms with Gasteiger partial charge in [-0.25, -0.2) is 9.07 Å². The molecule has 0 bridgehead atoms.